The molecule has 0 atom stereocenters. The summed E-state index contributed by atoms with van der Waals surface area (Å²) in [6.07, 6.45) is 6.47. The number of hydrogen-bond acceptors (Lipinski definition) is 7. The lowest BCUT2D eigenvalue weighted by Crippen LogP contribution is -2.10. The summed E-state index contributed by atoms with van der Waals surface area (Å²) >= 11 is 0. The Morgan fingerprint density at radius 2 is 2.06 bits per heavy atom. The Hall–Kier alpha value is -4.27. The van der Waals surface area contributed by atoms with Crippen molar-refractivity contribution in [3.63, 3.8) is 0 Å². The van der Waals surface area contributed by atoms with Crippen molar-refractivity contribution in [1.29, 1.82) is 0 Å². The van der Waals surface area contributed by atoms with Crippen molar-refractivity contribution in [2.75, 3.05) is 11.9 Å². The van der Waals surface area contributed by atoms with Crippen molar-refractivity contribution in [1.82, 2.24) is 24.5 Å². The minimum absolute atomic E-state index is 0.257. The first-order valence-corrected chi connectivity index (χ1v) is 11.1. The maximum atomic E-state index is 14.7. The van der Waals surface area contributed by atoms with E-state index in [4.69, 9.17) is 14.2 Å². The molecule has 1 aliphatic carbocycles. The highest BCUT2D eigenvalue weighted by Crippen LogP contribution is 2.39. The van der Waals surface area contributed by atoms with Crippen LogP contribution in [0.1, 0.15) is 28.1 Å². The average Bonchev–Trinajstić information content (AvgIpc) is 3.57. The van der Waals surface area contributed by atoms with E-state index in [1.807, 2.05) is 23.6 Å². The number of rotatable bonds is 3. The minimum atomic E-state index is -0.257. The van der Waals surface area contributed by atoms with Gasteiger partial charge in [-0.25, -0.2) is 14.4 Å². The van der Waals surface area contributed by atoms with E-state index in [0.29, 0.717) is 36.7 Å². The van der Waals surface area contributed by atoms with Crippen LogP contribution in [0.15, 0.2) is 47.6 Å². The molecule has 1 aromatic carbocycles. The number of nitrogens with zero attached hydrogens (tertiary/aromatic N) is 5. The normalized spacial score (nSPS) is 13.6. The van der Waals surface area contributed by atoms with E-state index >= 15 is 0 Å². The molecule has 4 aromatic heterocycles. The summed E-state index contributed by atoms with van der Waals surface area (Å²) in [6.45, 7) is 2.82. The number of ether oxygens (including phenoxy) is 1. The molecule has 7 rings (SSSR count). The number of hydrogen-bond donors (Lipinski definition) is 1. The third-order valence-electron chi connectivity index (χ3n) is 6.56. The second-order valence-electron chi connectivity index (χ2n) is 8.57. The molecule has 8 nitrogen and oxygen atoms in total. The van der Waals surface area contributed by atoms with Crippen LogP contribution in [-0.4, -0.2) is 31.1 Å². The molecule has 0 saturated heterocycles. The molecule has 0 bridgehead atoms. The van der Waals surface area contributed by atoms with Crippen LogP contribution in [0.25, 0.3) is 28.0 Å². The van der Waals surface area contributed by atoms with Crippen molar-refractivity contribution in [3.8, 4) is 28.3 Å². The predicted octanol–water partition coefficient (Wildman–Crippen LogP) is 4.35. The molecule has 0 fully saturated rings. The van der Waals surface area contributed by atoms with Gasteiger partial charge < -0.3 is 14.6 Å². The van der Waals surface area contributed by atoms with Gasteiger partial charge in [0.2, 0.25) is 5.95 Å². The highest BCUT2D eigenvalue weighted by atomic mass is 19.1. The molecular formula is C25H19FN6O2. The van der Waals surface area contributed by atoms with E-state index in [-0.39, 0.29) is 12.4 Å². The summed E-state index contributed by atoms with van der Waals surface area (Å²) < 4.78 is 27.5. The van der Waals surface area contributed by atoms with Gasteiger partial charge in [-0.2, -0.15) is 0 Å². The van der Waals surface area contributed by atoms with Crippen LogP contribution in [0.5, 0.6) is 5.75 Å². The molecule has 5 heterocycles. The summed E-state index contributed by atoms with van der Waals surface area (Å²) in [7, 11) is 0. The zero-order valence-corrected chi connectivity index (χ0v) is 18.3. The number of nitrogens with one attached hydrogen (secondary N) is 1. The quantitative estimate of drug-likeness (QED) is 0.425. The zero-order valence-electron chi connectivity index (χ0n) is 18.3. The maximum Gasteiger partial charge on any atom is 0.208 e. The number of fused-ring (bicyclic) bond motifs is 5. The molecule has 1 aliphatic heterocycles. The third-order valence-corrected chi connectivity index (χ3v) is 6.56. The second-order valence-corrected chi connectivity index (χ2v) is 8.57. The fourth-order valence-corrected chi connectivity index (χ4v) is 4.94. The number of halogens is 1. The molecule has 1 N–H and O–H groups in total. The molecule has 0 spiro atoms. The molecule has 168 valence electrons. The monoisotopic (exact) mass is 454 g/mol. The first-order valence-electron chi connectivity index (χ1n) is 11.1. The van der Waals surface area contributed by atoms with Crippen LogP contribution in [0.3, 0.4) is 0 Å². The Kier molecular flexibility index (Phi) is 4.02. The van der Waals surface area contributed by atoms with Crippen molar-refractivity contribution >= 4 is 11.5 Å². The Morgan fingerprint density at radius 3 is 3.00 bits per heavy atom. The van der Waals surface area contributed by atoms with Gasteiger partial charge in [0.15, 0.2) is 0 Å². The maximum absolute atomic E-state index is 14.7. The molecule has 0 radical (unpaired) electrons. The zero-order chi connectivity index (χ0) is 22.8. The Labute approximate surface area is 193 Å². The summed E-state index contributed by atoms with van der Waals surface area (Å²) in [5, 5.41) is 7.55. The van der Waals surface area contributed by atoms with Crippen LogP contribution >= 0.6 is 0 Å². The lowest BCUT2D eigenvalue weighted by molar-refractivity contribution is 0.356. The number of pyridine rings is 1. The lowest BCUT2D eigenvalue weighted by Gasteiger charge is -2.16. The summed E-state index contributed by atoms with van der Waals surface area (Å²) in [6, 6.07) is 7.20. The Morgan fingerprint density at radius 1 is 1.12 bits per heavy atom. The molecule has 5 aromatic rings. The molecule has 34 heavy (non-hydrogen) atoms. The molecule has 0 unspecified atom stereocenters. The van der Waals surface area contributed by atoms with E-state index in [2.05, 4.69) is 26.5 Å². The van der Waals surface area contributed by atoms with Gasteiger partial charge >= 0.3 is 0 Å². The van der Waals surface area contributed by atoms with Crippen molar-refractivity contribution in [2.45, 2.75) is 26.3 Å². The van der Waals surface area contributed by atoms with E-state index in [0.717, 1.165) is 50.6 Å². The van der Waals surface area contributed by atoms with Gasteiger partial charge in [-0.1, -0.05) is 11.2 Å². The van der Waals surface area contributed by atoms with Crippen molar-refractivity contribution in [3.05, 3.63) is 76.9 Å². The highest BCUT2D eigenvalue weighted by Gasteiger charge is 2.26. The predicted molar refractivity (Wildman–Crippen MR) is 122 cm³/mol. The first kappa shape index (κ1) is 19.2. The molecule has 9 heteroatoms. The Bertz CT molecular complexity index is 1610. The first-order chi connectivity index (χ1) is 16.7. The smallest absolute Gasteiger partial charge is 0.208 e. The number of imidazole rings is 1. The summed E-state index contributed by atoms with van der Waals surface area (Å²) in [5.74, 6) is 1.05. The Balaban J connectivity index is 1.38. The molecule has 0 amide bonds. The summed E-state index contributed by atoms with van der Waals surface area (Å²) in [5.41, 5.74) is 8.47. The second kappa shape index (κ2) is 7.11. The van der Waals surface area contributed by atoms with Crippen molar-refractivity contribution in [2.24, 2.45) is 0 Å². The van der Waals surface area contributed by atoms with Gasteiger partial charge in [-0.3, -0.25) is 9.38 Å². The average molecular weight is 454 g/mol. The van der Waals surface area contributed by atoms with Gasteiger partial charge in [0, 0.05) is 59.1 Å². The van der Waals surface area contributed by atoms with Crippen molar-refractivity contribution < 1.29 is 13.7 Å². The van der Waals surface area contributed by atoms with Crippen LogP contribution in [0.4, 0.5) is 10.3 Å². The number of aromatic nitrogens is 5. The minimum Gasteiger partial charge on any atom is -0.493 e. The van der Waals surface area contributed by atoms with Crippen LogP contribution in [0.2, 0.25) is 0 Å². The van der Waals surface area contributed by atoms with Gasteiger partial charge in [0.1, 0.15) is 35.5 Å². The number of anilines is 1. The van der Waals surface area contributed by atoms with Gasteiger partial charge in [-0.05, 0) is 25.1 Å². The SMILES string of the molecule is Cc1ccc2c(n1)Cc1conc1-c1ncn3c(NCc4c(F)ccc5c4CCO5)ncc-2c13. The van der Waals surface area contributed by atoms with E-state index in [9.17, 15) is 4.39 Å². The van der Waals surface area contributed by atoms with E-state index in [1.165, 1.54) is 6.07 Å². The molecule has 0 saturated carbocycles. The molecular weight excluding hydrogens is 435 g/mol. The van der Waals surface area contributed by atoms with Gasteiger partial charge in [0.25, 0.3) is 0 Å². The van der Waals surface area contributed by atoms with Crippen LogP contribution in [0, 0.1) is 12.7 Å². The third kappa shape index (κ3) is 2.76. The lowest BCUT2D eigenvalue weighted by atomic mass is 9.95. The van der Waals surface area contributed by atoms with Crippen LogP contribution < -0.4 is 10.1 Å². The fourth-order valence-electron chi connectivity index (χ4n) is 4.94. The number of benzene rings is 1. The standard InChI is InChI=1S/C25H19FN6O2/c1-13-2-3-15-18-10-28-25(27-9-17-16-6-7-33-21(16)5-4-19(17)26)32-12-29-23(24(18)32)22-14(11-34-31-22)8-20(15)30-13/h2-5,10-12H,6-9H2,1H3,(H,27,28). The highest BCUT2D eigenvalue weighted by molar-refractivity contribution is 5.93. The fraction of sp³-hybridized carbons (Fsp3) is 0.200. The van der Waals surface area contributed by atoms with E-state index < -0.39 is 0 Å². The summed E-state index contributed by atoms with van der Waals surface area (Å²) in [4.78, 5) is 14.1. The topological polar surface area (TPSA) is 90.4 Å². The van der Waals surface area contributed by atoms with Crippen LogP contribution in [-0.2, 0) is 19.4 Å². The number of aryl methyl sites for hydroxylation is 1. The molecule has 2 aliphatic rings. The van der Waals surface area contributed by atoms with Gasteiger partial charge in [0.05, 0.1) is 17.8 Å². The largest absolute Gasteiger partial charge is 0.493 e. The van der Waals surface area contributed by atoms with E-state index in [1.54, 1.807) is 18.7 Å². The van der Waals surface area contributed by atoms with Gasteiger partial charge in [-0.15, -0.1) is 0 Å².